The van der Waals surface area contributed by atoms with Gasteiger partial charge in [-0.1, -0.05) is 51.8 Å². The third-order valence-electron chi connectivity index (χ3n) is 4.75. The molecule has 140 valence electrons. The molecule has 0 spiro atoms. The van der Waals surface area contributed by atoms with Gasteiger partial charge in [0, 0.05) is 55.0 Å². The highest BCUT2D eigenvalue weighted by Crippen LogP contribution is 2.38. The largest absolute Gasteiger partial charge is 0.378 e. The maximum atomic E-state index is 6.62. The first kappa shape index (κ1) is 19.8. The number of halogens is 2. The Kier molecular flexibility index (Phi) is 6.13. The van der Waals surface area contributed by atoms with Crippen LogP contribution in [0.4, 0.5) is 11.4 Å². The second-order valence-corrected chi connectivity index (χ2v) is 8.39. The second-order valence-electron chi connectivity index (χ2n) is 7.07. The zero-order valence-corrected chi connectivity index (χ0v) is 18.4. The lowest BCUT2D eigenvalue weighted by atomic mass is 9.85. The lowest BCUT2D eigenvalue weighted by Gasteiger charge is -2.22. The van der Waals surface area contributed by atoms with Crippen LogP contribution in [-0.2, 0) is 0 Å². The Bertz CT molecular complexity index is 851. The summed E-state index contributed by atoms with van der Waals surface area (Å²) in [6.07, 6.45) is 0. The number of nitrogens with zero attached hydrogens (tertiary/aromatic N) is 2. The van der Waals surface area contributed by atoms with E-state index < -0.39 is 0 Å². The molecule has 0 fully saturated rings. The Morgan fingerprint density at radius 1 is 0.704 bits per heavy atom. The minimum atomic E-state index is 0.0717. The van der Waals surface area contributed by atoms with E-state index in [2.05, 4.69) is 109 Å². The molecule has 0 saturated heterocycles. The van der Waals surface area contributed by atoms with Crippen molar-refractivity contribution in [2.75, 3.05) is 38.0 Å². The number of hydrogen-bond acceptors (Lipinski definition) is 2. The SMILES string of the molecule is CN(C)c1ccc(C(c2ccc(N(C)C)cc2)c2cc(Br)ccc2Cl)cc1. The van der Waals surface area contributed by atoms with Crippen LogP contribution in [0.2, 0.25) is 5.02 Å². The maximum absolute atomic E-state index is 6.62. The van der Waals surface area contributed by atoms with E-state index in [0.717, 1.165) is 15.1 Å². The average molecular weight is 444 g/mol. The van der Waals surface area contributed by atoms with Gasteiger partial charge in [0.05, 0.1) is 0 Å². The van der Waals surface area contributed by atoms with Gasteiger partial charge < -0.3 is 9.80 Å². The first-order chi connectivity index (χ1) is 12.9. The van der Waals surface area contributed by atoms with Crippen LogP contribution in [0.3, 0.4) is 0 Å². The van der Waals surface area contributed by atoms with Gasteiger partial charge in [-0.2, -0.15) is 0 Å². The van der Waals surface area contributed by atoms with Gasteiger partial charge in [-0.05, 0) is 59.2 Å². The summed E-state index contributed by atoms with van der Waals surface area (Å²) in [5.74, 6) is 0.0717. The molecule has 0 unspecified atom stereocenters. The third kappa shape index (κ3) is 4.48. The zero-order valence-electron chi connectivity index (χ0n) is 16.1. The smallest absolute Gasteiger partial charge is 0.0448 e. The number of benzene rings is 3. The van der Waals surface area contributed by atoms with Crippen molar-refractivity contribution in [3.05, 3.63) is 92.9 Å². The average Bonchev–Trinajstić information content (AvgIpc) is 2.65. The molecule has 0 aliphatic carbocycles. The summed E-state index contributed by atoms with van der Waals surface area (Å²) < 4.78 is 1.03. The van der Waals surface area contributed by atoms with E-state index in [9.17, 15) is 0 Å². The van der Waals surface area contributed by atoms with Crippen LogP contribution < -0.4 is 9.80 Å². The Balaban J connectivity index is 2.12. The van der Waals surface area contributed by atoms with Crippen LogP contribution in [0.15, 0.2) is 71.2 Å². The monoisotopic (exact) mass is 442 g/mol. The summed E-state index contributed by atoms with van der Waals surface area (Å²) in [6.45, 7) is 0. The van der Waals surface area contributed by atoms with E-state index in [1.54, 1.807) is 0 Å². The van der Waals surface area contributed by atoms with Crippen molar-refractivity contribution in [2.45, 2.75) is 5.92 Å². The highest BCUT2D eigenvalue weighted by atomic mass is 79.9. The van der Waals surface area contributed by atoms with Crippen molar-refractivity contribution in [3.63, 3.8) is 0 Å². The minimum absolute atomic E-state index is 0.0717. The van der Waals surface area contributed by atoms with Gasteiger partial charge in [-0.25, -0.2) is 0 Å². The molecule has 2 nitrogen and oxygen atoms in total. The van der Waals surface area contributed by atoms with E-state index >= 15 is 0 Å². The predicted octanol–water partition coefficient (Wildman–Crippen LogP) is 6.41. The molecular formula is C23H24BrClN2. The van der Waals surface area contributed by atoms with E-state index in [1.165, 1.54) is 22.5 Å². The lowest BCUT2D eigenvalue weighted by Crippen LogP contribution is -2.10. The van der Waals surface area contributed by atoms with Crippen LogP contribution >= 0.6 is 27.5 Å². The topological polar surface area (TPSA) is 6.48 Å². The van der Waals surface area contributed by atoms with Gasteiger partial charge in [-0.3, -0.25) is 0 Å². The fraction of sp³-hybridized carbons (Fsp3) is 0.217. The normalized spacial score (nSPS) is 10.9. The number of hydrogen-bond donors (Lipinski definition) is 0. The molecule has 3 aromatic carbocycles. The Labute approximate surface area is 175 Å². The molecular weight excluding hydrogens is 420 g/mol. The molecule has 0 amide bonds. The summed E-state index contributed by atoms with van der Waals surface area (Å²) in [5, 5.41) is 0.775. The van der Waals surface area contributed by atoms with Gasteiger partial charge in [0.1, 0.15) is 0 Å². The van der Waals surface area contributed by atoms with E-state index in [1.807, 2.05) is 12.1 Å². The van der Waals surface area contributed by atoms with Gasteiger partial charge in [0.2, 0.25) is 0 Å². The Morgan fingerprint density at radius 2 is 1.15 bits per heavy atom. The minimum Gasteiger partial charge on any atom is -0.378 e. The quantitative estimate of drug-likeness (QED) is 0.420. The van der Waals surface area contributed by atoms with Gasteiger partial charge in [0.15, 0.2) is 0 Å². The maximum Gasteiger partial charge on any atom is 0.0448 e. The molecule has 0 aliphatic rings. The Morgan fingerprint density at radius 3 is 1.56 bits per heavy atom. The van der Waals surface area contributed by atoms with Crippen molar-refractivity contribution in [1.29, 1.82) is 0 Å². The number of anilines is 2. The van der Waals surface area contributed by atoms with Crippen LogP contribution in [0.1, 0.15) is 22.6 Å². The van der Waals surface area contributed by atoms with Crippen molar-refractivity contribution < 1.29 is 0 Å². The molecule has 4 heteroatoms. The molecule has 0 N–H and O–H groups in total. The first-order valence-electron chi connectivity index (χ1n) is 8.86. The van der Waals surface area contributed by atoms with Crippen molar-refractivity contribution in [1.82, 2.24) is 0 Å². The molecule has 0 saturated carbocycles. The van der Waals surface area contributed by atoms with Gasteiger partial charge >= 0.3 is 0 Å². The molecule has 0 aromatic heterocycles. The van der Waals surface area contributed by atoms with E-state index in [-0.39, 0.29) is 5.92 Å². The van der Waals surface area contributed by atoms with Gasteiger partial charge in [-0.15, -0.1) is 0 Å². The molecule has 0 aliphatic heterocycles. The highest BCUT2D eigenvalue weighted by Gasteiger charge is 2.20. The molecule has 3 aromatic rings. The van der Waals surface area contributed by atoms with Crippen molar-refractivity contribution in [3.8, 4) is 0 Å². The van der Waals surface area contributed by atoms with E-state index in [4.69, 9.17) is 11.6 Å². The van der Waals surface area contributed by atoms with Crippen LogP contribution in [-0.4, -0.2) is 28.2 Å². The lowest BCUT2D eigenvalue weighted by molar-refractivity contribution is 0.972. The fourth-order valence-corrected chi connectivity index (χ4v) is 3.82. The standard InChI is InChI=1S/C23H24BrClN2/c1-26(2)19-10-5-16(6-11-19)23(21-15-18(24)9-14-22(21)25)17-7-12-20(13-8-17)27(3)4/h5-15,23H,1-4H3. The molecule has 3 rings (SSSR count). The first-order valence-corrected chi connectivity index (χ1v) is 10.0. The molecule has 0 heterocycles. The van der Waals surface area contributed by atoms with Crippen LogP contribution in [0.25, 0.3) is 0 Å². The number of rotatable bonds is 5. The predicted molar refractivity (Wildman–Crippen MR) is 122 cm³/mol. The van der Waals surface area contributed by atoms with Crippen LogP contribution in [0.5, 0.6) is 0 Å². The fourth-order valence-electron chi connectivity index (χ4n) is 3.22. The Hall–Kier alpha value is -1.97. The van der Waals surface area contributed by atoms with E-state index in [0.29, 0.717) is 0 Å². The van der Waals surface area contributed by atoms with Crippen molar-refractivity contribution in [2.24, 2.45) is 0 Å². The third-order valence-corrected chi connectivity index (χ3v) is 5.59. The molecule has 0 bridgehead atoms. The summed E-state index contributed by atoms with van der Waals surface area (Å²) in [6, 6.07) is 23.4. The molecule has 0 radical (unpaired) electrons. The summed E-state index contributed by atoms with van der Waals surface area (Å²) in [4.78, 5) is 4.22. The summed E-state index contributed by atoms with van der Waals surface area (Å²) in [5.41, 5.74) is 5.90. The second kappa shape index (κ2) is 8.37. The van der Waals surface area contributed by atoms with Crippen LogP contribution in [0, 0.1) is 0 Å². The zero-order chi connectivity index (χ0) is 19.6. The summed E-state index contributed by atoms with van der Waals surface area (Å²) in [7, 11) is 8.21. The molecule has 0 atom stereocenters. The highest BCUT2D eigenvalue weighted by molar-refractivity contribution is 9.10. The van der Waals surface area contributed by atoms with Gasteiger partial charge in [0.25, 0.3) is 0 Å². The van der Waals surface area contributed by atoms with Crippen molar-refractivity contribution >= 4 is 38.9 Å². The summed E-state index contributed by atoms with van der Waals surface area (Å²) >= 11 is 10.2. The molecule has 27 heavy (non-hydrogen) atoms.